The number of carbonyl (C=O) groups is 1. The first-order chi connectivity index (χ1) is 55.3. The fourth-order valence-electron chi connectivity index (χ4n) is 15.1. The molecule has 3 saturated heterocycles. The third kappa shape index (κ3) is 51.1. The zero-order chi connectivity index (χ0) is 81.7. The third-order valence-corrected chi connectivity index (χ3v) is 22.4. The molecule has 3 rings (SSSR count). The van der Waals surface area contributed by atoms with Crippen molar-refractivity contribution in [1.29, 1.82) is 0 Å². The monoisotopic (exact) mass is 1600 g/mol. The Bertz CT molecular complexity index is 2420. The summed E-state index contributed by atoms with van der Waals surface area (Å²) in [5.41, 5.74) is 0. The van der Waals surface area contributed by atoms with Gasteiger partial charge in [0.25, 0.3) is 0 Å². The molecular formula is C94H167NO18. The molecule has 0 bridgehead atoms. The Hall–Kier alpha value is -3.29. The van der Waals surface area contributed by atoms with Crippen LogP contribution in [-0.2, 0) is 33.2 Å². The highest BCUT2D eigenvalue weighted by atomic mass is 16.8. The van der Waals surface area contributed by atoms with Crippen molar-refractivity contribution >= 4 is 5.91 Å². The standard InChI is InChI=1S/C94H167NO18/c1-3-5-7-9-11-13-15-17-19-21-23-25-27-29-31-33-34-35-36-37-38-39-40-41-42-44-46-48-50-52-54-56-58-60-62-64-66-68-70-72-82(100)95-77(78(99)71-69-67-65-63-61-59-57-55-53-51-49-47-45-43-32-30-28-26-24-22-20-18-16-14-12-10-8-6-4-2)76-108-92-88(106)85(103)90(80(74-97)110-92)113-94-89(107)86(104)91(81(75-98)111-94)112-93-87(105)84(102)83(101)79(73-96)109-93/h5,7,11,13,17,19,23,25,29,31,34-35,37-38,69,71,77-81,83-94,96-99,101-107H,3-4,6,8-10,12,14-16,18,20-22,24,26-28,30,32-33,36,39-68,70,72-76H2,1-2H3,(H,95,100)/b7-5-,13-11-,19-17-,25-23-,31-29-,35-34-,38-37-,71-69+. The maximum atomic E-state index is 13.5. The Kier molecular flexibility index (Phi) is 66.8. The number of amides is 1. The molecule has 0 aromatic carbocycles. The first kappa shape index (κ1) is 104. The highest BCUT2D eigenvalue weighted by Gasteiger charge is 2.54. The Labute approximate surface area is 685 Å². The summed E-state index contributed by atoms with van der Waals surface area (Å²) in [5, 5.41) is 121. The summed E-state index contributed by atoms with van der Waals surface area (Å²) in [5.74, 6) is -0.272. The zero-order valence-electron chi connectivity index (χ0n) is 70.8. The quantitative estimate of drug-likeness (QED) is 0.0199. The van der Waals surface area contributed by atoms with E-state index in [9.17, 15) is 61.0 Å². The number of ether oxygens (including phenoxy) is 6. The average molecular weight is 1600 g/mol. The molecule has 19 nitrogen and oxygen atoms in total. The molecule has 0 radical (unpaired) electrons. The van der Waals surface area contributed by atoms with Crippen molar-refractivity contribution < 1.29 is 89.4 Å². The van der Waals surface area contributed by atoms with E-state index in [-0.39, 0.29) is 18.9 Å². The summed E-state index contributed by atoms with van der Waals surface area (Å²) in [4.78, 5) is 13.5. The van der Waals surface area contributed by atoms with Gasteiger partial charge in [0.15, 0.2) is 18.9 Å². The highest BCUT2D eigenvalue weighted by molar-refractivity contribution is 5.76. The summed E-state index contributed by atoms with van der Waals surface area (Å²) < 4.78 is 34.5. The maximum Gasteiger partial charge on any atom is 0.220 e. The van der Waals surface area contributed by atoms with Gasteiger partial charge in [-0.2, -0.15) is 0 Å². The second kappa shape index (κ2) is 72.7. The smallest absolute Gasteiger partial charge is 0.220 e. The molecule has 19 heteroatoms. The van der Waals surface area contributed by atoms with E-state index in [0.717, 1.165) is 89.9 Å². The van der Waals surface area contributed by atoms with Crippen molar-refractivity contribution in [3.05, 3.63) is 97.2 Å². The van der Waals surface area contributed by atoms with Crippen LogP contribution in [0, 0.1) is 0 Å². The van der Waals surface area contributed by atoms with Gasteiger partial charge in [0.1, 0.15) is 73.2 Å². The van der Waals surface area contributed by atoms with E-state index in [2.05, 4.69) is 104 Å². The minimum Gasteiger partial charge on any atom is -0.394 e. The molecule has 0 aromatic heterocycles. The van der Waals surface area contributed by atoms with Crippen LogP contribution in [0.5, 0.6) is 0 Å². The molecule has 17 atom stereocenters. The number of rotatable bonds is 74. The predicted molar refractivity (Wildman–Crippen MR) is 457 cm³/mol. The molecule has 17 unspecified atom stereocenters. The molecule has 1 amide bonds. The van der Waals surface area contributed by atoms with E-state index in [1.807, 2.05) is 6.08 Å². The van der Waals surface area contributed by atoms with Gasteiger partial charge in [0.2, 0.25) is 5.91 Å². The second-order valence-corrected chi connectivity index (χ2v) is 32.4. The summed E-state index contributed by atoms with van der Waals surface area (Å²) >= 11 is 0. The van der Waals surface area contributed by atoms with Crippen LogP contribution in [0.25, 0.3) is 0 Å². The SMILES string of the molecule is CC/C=C\C/C=C\C/C=C\C/C=C\C/C=C\C/C=C\C/C=C\CCCCCCCCCCCCCCCCCCCC(=O)NC(COC1OC(CO)C(OC2OC(CO)C(OC3OC(CO)C(O)C(O)C3O)C(O)C2O)C(O)C1O)C(O)/C=C/CCCCCCCCCCCCCCCCCCCCCCCCCCCCC. The van der Waals surface area contributed by atoms with Gasteiger partial charge < -0.3 is 89.9 Å². The van der Waals surface area contributed by atoms with E-state index in [4.69, 9.17) is 28.4 Å². The number of carbonyl (C=O) groups excluding carboxylic acids is 1. The van der Waals surface area contributed by atoms with Crippen LogP contribution < -0.4 is 5.32 Å². The van der Waals surface area contributed by atoms with Crippen LogP contribution in [0.15, 0.2) is 97.2 Å². The van der Waals surface area contributed by atoms with E-state index in [1.54, 1.807) is 6.08 Å². The van der Waals surface area contributed by atoms with Gasteiger partial charge in [-0.1, -0.05) is 374 Å². The lowest BCUT2D eigenvalue weighted by Gasteiger charge is -2.48. The molecule has 0 aromatic rings. The number of allylic oxidation sites excluding steroid dienone is 15. The van der Waals surface area contributed by atoms with Crippen LogP contribution in [0.1, 0.15) is 361 Å². The normalized spacial score (nSPS) is 25.3. The summed E-state index contributed by atoms with van der Waals surface area (Å²) in [6.45, 7) is 1.67. The molecule has 12 N–H and O–H groups in total. The summed E-state index contributed by atoms with van der Waals surface area (Å²) in [6, 6.07) is -0.979. The average Bonchev–Trinajstić information content (AvgIpc) is 0.780. The lowest BCUT2D eigenvalue weighted by molar-refractivity contribution is -0.379. The Morgan fingerprint density at radius 2 is 0.611 bits per heavy atom. The molecule has 3 aliphatic heterocycles. The Morgan fingerprint density at radius 1 is 0.327 bits per heavy atom. The van der Waals surface area contributed by atoms with Crippen molar-refractivity contribution in [3.8, 4) is 0 Å². The summed E-state index contributed by atoms with van der Waals surface area (Å²) in [6.07, 6.45) is 74.1. The first-order valence-electron chi connectivity index (χ1n) is 46.0. The van der Waals surface area contributed by atoms with Crippen LogP contribution in [0.3, 0.4) is 0 Å². The van der Waals surface area contributed by atoms with Gasteiger partial charge in [-0.05, 0) is 77.0 Å². The largest absolute Gasteiger partial charge is 0.394 e. The maximum absolute atomic E-state index is 13.5. The van der Waals surface area contributed by atoms with Crippen molar-refractivity contribution in [2.24, 2.45) is 0 Å². The molecule has 0 saturated carbocycles. The van der Waals surface area contributed by atoms with E-state index in [0.29, 0.717) is 6.42 Å². The van der Waals surface area contributed by atoms with Crippen molar-refractivity contribution in [2.75, 3.05) is 26.4 Å². The Morgan fingerprint density at radius 3 is 0.956 bits per heavy atom. The number of hydrogen-bond donors (Lipinski definition) is 12. The topological polar surface area (TPSA) is 307 Å². The first-order valence-corrected chi connectivity index (χ1v) is 46.0. The minimum atomic E-state index is -1.98. The van der Waals surface area contributed by atoms with Crippen molar-refractivity contribution in [3.63, 3.8) is 0 Å². The number of nitrogens with one attached hydrogen (secondary N) is 1. The molecule has 113 heavy (non-hydrogen) atoms. The number of aliphatic hydroxyl groups excluding tert-OH is 11. The van der Waals surface area contributed by atoms with Gasteiger partial charge in [-0.3, -0.25) is 4.79 Å². The zero-order valence-corrected chi connectivity index (χ0v) is 70.8. The second-order valence-electron chi connectivity index (χ2n) is 32.4. The molecule has 0 spiro atoms. The van der Waals surface area contributed by atoms with Gasteiger partial charge in [0.05, 0.1) is 38.6 Å². The van der Waals surface area contributed by atoms with Gasteiger partial charge in [0, 0.05) is 6.42 Å². The highest BCUT2D eigenvalue weighted by Crippen LogP contribution is 2.34. The molecular weight excluding hydrogens is 1430 g/mol. The lowest BCUT2D eigenvalue weighted by Crippen LogP contribution is -2.66. The number of aliphatic hydroxyl groups is 11. The lowest BCUT2D eigenvalue weighted by atomic mass is 9.96. The number of unbranched alkanes of at least 4 members (excludes halogenated alkanes) is 44. The molecule has 0 aliphatic carbocycles. The molecule has 3 heterocycles. The van der Waals surface area contributed by atoms with Crippen LogP contribution in [0.2, 0.25) is 0 Å². The van der Waals surface area contributed by atoms with Gasteiger partial charge in [-0.25, -0.2) is 0 Å². The number of hydrogen-bond acceptors (Lipinski definition) is 18. The van der Waals surface area contributed by atoms with Crippen LogP contribution >= 0.6 is 0 Å². The fraction of sp³-hybridized carbons (Fsp3) is 0.819. The molecule has 3 fully saturated rings. The van der Waals surface area contributed by atoms with Gasteiger partial charge >= 0.3 is 0 Å². The Balaban J connectivity index is 1.32. The molecule has 3 aliphatic rings. The van der Waals surface area contributed by atoms with Crippen LogP contribution in [0.4, 0.5) is 0 Å². The van der Waals surface area contributed by atoms with E-state index < -0.39 is 124 Å². The minimum absolute atomic E-state index is 0.241. The fourth-order valence-corrected chi connectivity index (χ4v) is 15.1. The van der Waals surface area contributed by atoms with Crippen molar-refractivity contribution in [2.45, 2.75) is 465 Å². The van der Waals surface area contributed by atoms with E-state index >= 15 is 0 Å². The van der Waals surface area contributed by atoms with Crippen LogP contribution in [-0.4, -0.2) is 193 Å². The third-order valence-electron chi connectivity index (χ3n) is 22.4. The summed E-state index contributed by atoms with van der Waals surface area (Å²) in [7, 11) is 0. The van der Waals surface area contributed by atoms with E-state index in [1.165, 1.54) is 244 Å². The van der Waals surface area contributed by atoms with Gasteiger partial charge in [-0.15, -0.1) is 0 Å². The predicted octanol–water partition coefficient (Wildman–Crippen LogP) is 17.9. The van der Waals surface area contributed by atoms with Crippen molar-refractivity contribution in [1.82, 2.24) is 5.32 Å². The molecule has 656 valence electrons.